The monoisotopic (exact) mass is 349 g/mol. The molecule has 0 amide bonds. The van der Waals surface area contributed by atoms with E-state index in [9.17, 15) is 4.79 Å². The molecular weight excluding hydrogens is 334 g/mol. The van der Waals surface area contributed by atoms with E-state index in [-0.39, 0.29) is 0 Å². The fourth-order valence-corrected chi connectivity index (χ4v) is 2.13. The van der Waals surface area contributed by atoms with Crippen LogP contribution in [0.1, 0.15) is 22.8 Å². The molecule has 0 aliphatic rings. The highest BCUT2D eigenvalue weighted by atomic mass is 79.9. The number of aryl methyl sites for hydroxylation is 1. The van der Waals surface area contributed by atoms with Crippen LogP contribution in [0.3, 0.4) is 0 Å². The summed E-state index contributed by atoms with van der Waals surface area (Å²) in [6.07, 6.45) is 1.49. The normalized spacial score (nSPS) is 10.2. The summed E-state index contributed by atoms with van der Waals surface area (Å²) in [4.78, 5) is 16.1. The van der Waals surface area contributed by atoms with Gasteiger partial charge in [-0.05, 0) is 37.6 Å². The van der Waals surface area contributed by atoms with Crippen LogP contribution >= 0.6 is 15.9 Å². The van der Waals surface area contributed by atoms with E-state index in [1.807, 2.05) is 25.1 Å². The number of aromatic nitrogens is 1. The number of ether oxygens (including phenoxy) is 1. The highest BCUT2D eigenvalue weighted by Crippen LogP contribution is 2.25. The minimum atomic E-state index is -0.453. The number of hydrogen-bond donors (Lipinski definition) is 2. The van der Waals surface area contributed by atoms with Gasteiger partial charge in [0.15, 0.2) is 0 Å². The Kier molecular flexibility index (Phi) is 4.80. The van der Waals surface area contributed by atoms with Crippen molar-refractivity contribution in [3.8, 4) is 0 Å². The quantitative estimate of drug-likeness (QED) is 0.823. The minimum Gasteiger partial charge on any atom is -0.462 e. The first-order valence-electron chi connectivity index (χ1n) is 6.47. The van der Waals surface area contributed by atoms with E-state index in [4.69, 9.17) is 10.5 Å². The molecule has 1 aromatic heterocycles. The first-order chi connectivity index (χ1) is 10.0. The number of anilines is 3. The van der Waals surface area contributed by atoms with Crippen molar-refractivity contribution in [2.75, 3.05) is 17.7 Å². The van der Waals surface area contributed by atoms with Crippen molar-refractivity contribution in [1.82, 2.24) is 4.98 Å². The molecule has 6 heteroatoms. The molecular formula is C15H16BrN3O2. The zero-order valence-corrected chi connectivity index (χ0v) is 13.4. The second-order valence-electron chi connectivity index (χ2n) is 4.47. The molecule has 0 radical (unpaired) electrons. The van der Waals surface area contributed by atoms with Crippen molar-refractivity contribution in [3.05, 3.63) is 46.1 Å². The number of carbonyl (C=O) groups is 1. The lowest BCUT2D eigenvalue weighted by atomic mass is 10.2. The van der Waals surface area contributed by atoms with Crippen LogP contribution in [0.5, 0.6) is 0 Å². The molecule has 0 aliphatic carbocycles. The summed E-state index contributed by atoms with van der Waals surface area (Å²) in [5.74, 6) is -0.0376. The van der Waals surface area contributed by atoms with Gasteiger partial charge in [0.2, 0.25) is 0 Å². The number of esters is 1. The molecule has 110 valence electrons. The van der Waals surface area contributed by atoms with Gasteiger partial charge in [-0.15, -0.1) is 0 Å². The first kappa shape index (κ1) is 15.3. The number of benzene rings is 1. The van der Waals surface area contributed by atoms with Crippen LogP contribution in [-0.4, -0.2) is 17.6 Å². The fraction of sp³-hybridized carbons (Fsp3) is 0.200. The van der Waals surface area contributed by atoms with Crippen LogP contribution in [-0.2, 0) is 4.74 Å². The lowest BCUT2D eigenvalue weighted by Gasteiger charge is -2.12. The van der Waals surface area contributed by atoms with Crippen molar-refractivity contribution in [2.45, 2.75) is 13.8 Å². The van der Waals surface area contributed by atoms with Crippen molar-refractivity contribution in [1.29, 1.82) is 0 Å². The number of halogens is 1. The Morgan fingerprint density at radius 3 is 2.86 bits per heavy atom. The standard InChI is InChI=1S/C15H16BrN3O2/c1-3-21-15(20)12-6-10(17)8-18-14(12)19-11-5-4-9(2)13(16)7-11/h4-8H,3,17H2,1-2H3,(H,18,19). The summed E-state index contributed by atoms with van der Waals surface area (Å²) < 4.78 is 5.99. The Labute approximate surface area is 131 Å². The van der Waals surface area contributed by atoms with Crippen LogP contribution < -0.4 is 11.1 Å². The van der Waals surface area contributed by atoms with Gasteiger partial charge >= 0.3 is 5.97 Å². The molecule has 0 fully saturated rings. The second kappa shape index (κ2) is 6.58. The molecule has 1 aromatic carbocycles. The van der Waals surface area contributed by atoms with E-state index in [1.165, 1.54) is 6.20 Å². The van der Waals surface area contributed by atoms with Crippen LogP contribution in [0, 0.1) is 6.92 Å². The number of nitrogens with zero attached hydrogens (tertiary/aromatic N) is 1. The summed E-state index contributed by atoms with van der Waals surface area (Å²) in [5.41, 5.74) is 8.35. The highest BCUT2D eigenvalue weighted by Gasteiger charge is 2.15. The van der Waals surface area contributed by atoms with Crippen LogP contribution in [0.4, 0.5) is 17.2 Å². The molecule has 0 saturated heterocycles. The zero-order chi connectivity index (χ0) is 15.4. The largest absolute Gasteiger partial charge is 0.462 e. The maximum absolute atomic E-state index is 12.0. The Morgan fingerprint density at radius 1 is 1.43 bits per heavy atom. The Balaban J connectivity index is 2.34. The molecule has 3 N–H and O–H groups in total. The lowest BCUT2D eigenvalue weighted by Crippen LogP contribution is -2.10. The van der Waals surface area contributed by atoms with Gasteiger partial charge in [-0.2, -0.15) is 0 Å². The van der Waals surface area contributed by atoms with Gasteiger partial charge < -0.3 is 15.8 Å². The molecule has 1 heterocycles. The second-order valence-corrected chi connectivity index (χ2v) is 5.33. The van der Waals surface area contributed by atoms with Gasteiger partial charge in [0.25, 0.3) is 0 Å². The third-order valence-electron chi connectivity index (χ3n) is 2.84. The Morgan fingerprint density at radius 2 is 2.19 bits per heavy atom. The number of nitrogen functional groups attached to an aromatic ring is 1. The van der Waals surface area contributed by atoms with Gasteiger partial charge in [0.05, 0.1) is 18.5 Å². The first-order valence-corrected chi connectivity index (χ1v) is 7.26. The van der Waals surface area contributed by atoms with E-state index in [1.54, 1.807) is 13.0 Å². The number of nitrogens with two attached hydrogens (primary N) is 1. The molecule has 0 atom stereocenters. The van der Waals surface area contributed by atoms with Gasteiger partial charge in [0.1, 0.15) is 11.4 Å². The van der Waals surface area contributed by atoms with E-state index < -0.39 is 5.97 Å². The zero-order valence-electron chi connectivity index (χ0n) is 11.8. The summed E-state index contributed by atoms with van der Waals surface area (Å²) in [6.45, 7) is 4.05. The summed E-state index contributed by atoms with van der Waals surface area (Å²) in [7, 11) is 0. The summed E-state index contributed by atoms with van der Waals surface area (Å²) in [6, 6.07) is 7.35. The van der Waals surface area contributed by atoms with E-state index >= 15 is 0 Å². The van der Waals surface area contributed by atoms with Crippen LogP contribution in [0.2, 0.25) is 0 Å². The topological polar surface area (TPSA) is 77.2 Å². The average Bonchev–Trinajstić information content (AvgIpc) is 2.45. The van der Waals surface area contributed by atoms with Crippen LogP contribution in [0.15, 0.2) is 34.9 Å². The predicted molar refractivity (Wildman–Crippen MR) is 86.8 cm³/mol. The third-order valence-corrected chi connectivity index (χ3v) is 3.69. The summed E-state index contributed by atoms with van der Waals surface area (Å²) in [5, 5.41) is 3.11. The molecule has 21 heavy (non-hydrogen) atoms. The summed E-state index contributed by atoms with van der Waals surface area (Å²) >= 11 is 3.47. The van der Waals surface area contributed by atoms with E-state index in [0.717, 1.165) is 15.7 Å². The predicted octanol–water partition coefficient (Wildman–Crippen LogP) is 3.66. The van der Waals surface area contributed by atoms with Gasteiger partial charge in [-0.3, -0.25) is 0 Å². The smallest absolute Gasteiger partial charge is 0.341 e. The van der Waals surface area contributed by atoms with Crippen molar-refractivity contribution < 1.29 is 9.53 Å². The maximum atomic E-state index is 12.0. The molecule has 2 aromatic rings. The third kappa shape index (κ3) is 3.72. The number of nitrogens with one attached hydrogen (secondary N) is 1. The van der Waals surface area contributed by atoms with Crippen molar-refractivity contribution in [3.63, 3.8) is 0 Å². The van der Waals surface area contributed by atoms with Gasteiger partial charge in [0, 0.05) is 10.2 Å². The Bertz CT molecular complexity index is 674. The minimum absolute atomic E-state index is 0.295. The average molecular weight is 350 g/mol. The number of rotatable bonds is 4. The SMILES string of the molecule is CCOC(=O)c1cc(N)cnc1Nc1ccc(C)c(Br)c1. The maximum Gasteiger partial charge on any atom is 0.341 e. The molecule has 0 unspecified atom stereocenters. The number of carbonyl (C=O) groups excluding carboxylic acids is 1. The van der Waals surface area contributed by atoms with Gasteiger partial charge in [-0.25, -0.2) is 9.78 Å². The molecule has 5 nitrogen and oxygen atoms in total. The Hall–Kier alpha value is -2.08. The van der Waals surface area contributed by atoms with Gasteiger partial charge in [-0.1, -0.05) is 22.0 Å². The molecule has 0 aliphatic heterocycles. The van der Waals surface area contributed by atoms with E-state index in [2.05, 4.69) is 26.2 Å². The van der Waals surface area contributed by atoms with Crippen molar-refractivity contribution in [2.24, 2.45) is 0 Å². The number of pyridine rings is 1. The fourth-order valence-electron chi connectivity index (χ4n) is 1.75. The van der Waals surface area contributed by atoms with Crippen molar-refractivity contribution >= 4 is 39.1 Å². The number of hydrogen-bond acceptors (Lipinski definition) is 5. The van der Waals surface area contributed by atoms with E-state index in [0.29, 0.717) is 23.7 Å². The molecule has 0 saturated carbocycles. The molecule has 0 bridgehead atoms. The van der Waals surface area contributed by atoms with Crippen LogP contribution in [0.25, 0.3) is 0 Å². The molecule has 2 rings (SSSR count). The molecule has 0 spiro atoms. The highest BCUT2D eigenvalue weighted by molar-refractivity contribution is 9.10. The lowest BCUT2D eigenvalue weighted by molar-refractivity contribution is 0.0527.